The molecule has 0 amide bonds. The molecule has 0 atom stereocenters. The number of aromatic nitrogens is 3. The fraction of sp³-hybridized carbons (Fsp3) is 0.800. The van der Waals surface area contributed by atoms with Gasteiger partial charge in [0.15, 0.2) is 4.60 Å². The van der Waals surface area contributed by atoms with Crippen molar-refractivity contribution in [2.75, 3.05) is 26.3 Å². The van der Waals surface area contributed by atoms with Crippen LogP contribution in [0.3, 0.4) is 0 Å². The van der Waals surface area contributed by atoms with E-state index in [0.29, 0.717) is 25.9 Å². The van der Waals surface area contributed by atoms with E-state index >= 15 is 0 Å². The first-order valence-corrected chi connectivity index (χ1v) is 8.48. The molecule has 20 heavy (non-hydrogen) atoms. The average molecular weight is 369 g/mol. The number of aryl methyl sites for hydroxylation is 1. The minimum atomic E-state index is -3.60. The van der Waals surface area contributed by atoms with Gasteiger partial charge in [0.1, 0.15) is 0 Å². The highest BCUT2D eigenvalue weighted by molar-refractivity contribution is 9.10. The summed E-state index contributed by atoms with van der Waals surface area (Å²) < 4.78 is 33.3. The Labute approximate surface area is 125 Å². The van der Waals surface area contributed by atoms with Crippen molar-refractivity contribution in [1.82, 2.24) is 19.3 Å². The first-order valence-electron chi connectivity index (χ1n) is 6.24. The third kappa shape index (κ3) is 3.19. The molecular weight excluding hydrogens is 352 g/mol. The molecule has 1 N–H and O–H groups in total. The van der Waals surface area contributed by atoms with E-state index in [-0.39, 0.29) is 28.9 Å². The number of nitrogens with zero attached hydrogens (tertiary/aromatic N) is 4. The normalized spacial score (nSPS) is 18.6. The molecule has 8 nitrogen and oxygen atoms in total. The van der Waals surface area contributed by atoms with E-state index in [2.05, 4.69) is 26.2 Å². The van der Waals surface area contributed by atoms with Crippen LogP contribution >= 0.6 is 15.9 Å². The Morgan fingerprint density at radius 1 is 1.45 bits per heavy atom. The van der Waals surface area contributed by atoms with Crippen LogP contribution in [-0.2, 0) is 21.8 Å². The Bertz CT molecular complexity index is 534. The molecule has 1 aromatic rings. The summed E-state index contributed by atoms with van der Waals surface area (Å²) >= 11 is 3.11. The lowest BCUT2D eigenvalue weighted by Gasteiger charge is -2.30. The van der Waals surface area contributed by atoms with Gasteiger partial charge < -0.3 is 9.84 Å². The van der Waals surface area contributed by atoms with Gasteiger partial charge >= 0.3 is 0 Å². The highest BCUT2D eigenvalue weighted by atomic mass is 79.9. The van der Waals surface area contributed by atoms with Gasteiger partial charge in [-0.3, -0.25) is 0 Å². The molecule has 1 aromatic heterocycles. The number of sulfonamides is 1. The monoisotopic (exact) mass is 368 g/mol. The number of halogens is 1. The van der Waals surface area contributed by atoms with E-state index in [1.807, 2.05) is 0 Å². The van der Waals surface area contributed by atoms with Crippen LogP contribution < -0.4 is 0 Å². The van der Waals surface area contributed by atoms with E-state index in [0.717, 1.165) is 0 Å². The van der Waals surface area contributed by atoms with E-state index in [4.69, 9.17) is 9.84 Å². The van der Waals surface area contributed by atoms with Gasteiger partial charge in [0, 0.05) is 20.1 Å². The largest absolute Gasteiger partial charge is 0.394 e. The summed E-state index contributed by atoms with van der Waals surface area (Å²) in [6, 6.07) is 0. The Balaban J connectivity index is 2.06. The average Bonchev–Trinajstić information content (AvgIpc) is 2.77. The van der Waals surface area contributed by atoms with Gasteiger partial charge in [-0.25, -0.2) is 13.1 Å². The number of rotatable bonds is 5. The molecule has 1 aliphatic heterocycles. The summed E-state index contributed by atoms with van der Waals surface area (Å²) in [5, 5.41) is 16.2. The van der Waals surface area contributed by atoms with Gasteiger partial charge in [-0.1, -0.05) is 5.21 Å². The lowest BCUT2D eigenvalue weighted by Crippen LogP contribution is -2.41. The molecule has 2 heterocycles. The molecule has 1 fully saturated rings. The van der Waals surface area contributed by atoms with Crippen molar-refractivity contribution in [3.8, 4) is 0 Å². The molecule has 2 rings (SSSR count). The van der Waals surface area contributed by atoms with Gasteiger partial charge in [-0.2, -0.15) is 4.31 Å². The fourth-order valence-corrected chi connectivity index (χ4v) is 4.68. The van der Waals surface area contributed by atoms with Crippen molar-refractivity contribution in [3.05, 3.63) is 4.60 Å². The second-order valence-electron chi connectivity index (χ2n) is 4.51. The Morgan fingerprint density at radius 2 is 2.10 bits per heavy atom. The molecule has 0 radical (unpaired) electrons. The number of hydrogen-bond acceptors (Lipinski definition) is 6. The van der Waals surface area contributed by atoms with E-state index in [1.165, 1.54) is 8.99 Å². The molecule has 0 unspecified atom stereocenters. The van der Waals surface area contributed by atoms with Crippen LogP contribution in [0.1, 0.15) is 12.8 Å². The van der Waals surface area contributed by atoms with Gasteiger partial charge in [-0.05, 0) is 28.8 Å². The molecule has 0 spiro atoms. The van der Waals surface area contributed by atoms with Crippen LogP contribution in [0.25, 0.3) is 0 Å². The maximum absolute atomic E-state index is 12.5. The van der Waals surface area contributed by atoms with Crippen LogP contribution in [0.15, 0.2) is 9.63 Å². The van der Waals surface area contributed by atoms with Crippen LogP contribution in [0, 0.1) is 0 Å². The smallest absolute Gasteiger partial charge is 0.263 e. The Morgan fingerprint density at radius 3 is 2.60 bits per heavy atom. The lowest BCUT2D eigenvalue weighted by atomic mass is 10.1. The van der Waals surface area contributed by atoms with Crippen molar-refractivity contribution in [3.63, 3.8) is 0 Å². The Hall–Kier alpha value is -0.550. The summed E-state index contributed by atoms with van der Waals surface area (Å²) in [6.45, 7) is 1.03. The second-order valence-corrected chi connectivity index (χ2v) is 7.11. The summed E-state index contributed by atoms with van der Waals surface area (Å²) in [4.78, 5) is 0. The van der Waals surface area contributed by atoms with E-state index in [1.54, 1.807) is 7.05 Å². The molecule has 10 heteroatoms. The third-order valence-electron chi connectivity index (χ3n) is 3.17. The van der Waals surface area contributed by atoms with Gasteiger partial charge in [0.05, 0.1) is 19.3 Å². The standard InChI is InChI=1S/C10H17BrN4O4S/c1-14-10(9(11)12-13-14)20(17,18)15-4-2-8(3-5-15)19-7-6-16/h8,16H,2-7H2,1H3. The minimum Gasteiger partial charge on any atom is -0.394 e. The van der Waals surface area contributed by atoms with Crippen LogP contribution in [0.2, 0.25) is 0 Å². The Kier molecular flexibility index (Phi) is 5.13. The molecule has 0 saturated carbocycles. The molecule has 0 aliphatic carbocycles. The highest BCUT2D eigenvalue weighted by Crippen LogP contribution is 2.25. The van der Waals surface area contributed by atoms with E-state index < -0.39 is 10.0 Å². The van der Waals surface area contributed by atoms with Crippen molar-refractivity contribution in [2.45, 2.75) is 24.0 Å². The first-order chi connectivity index (χ1) is 9.46. The third-order valence-corrected chi connectivity index (χ3v) is 5.95. The number of ether oxygens (including phenoxy) is 1. The van der Waals surface area contributed by atoms with Crippen LogP contribution in [0.4, 0.5) is 0 Å². The zero-order chi connectivity index (χ0) is 14.8. The molecule has 1 saturated heterocycles. The zero-order valence-electron chi connectivity index (χ0n) is 11.1. The van der Waals surface area contributed by atoms with Crippen molar-refractivity contribution in [2.24, 2.45) is 7.05 Å². The van der Waals surface area contributed by atoms with Gasteiger partial charge in [-0.15, -0.1) is 5.10 Å². The molecule has 114 valence electrons. The predicted molar refractivity (Wildman–Crippen MR) is 73.5 cm³/mol. The highest BCUT2D eigenvalue weighted by Gasteiger charge is 2.33. The predicted octanol–water partition coefficient (Wildman–Crippen LogP) is -0.260. The SMILES string of the molecule is Cn1nnc(Br)c1S(=O)(=O)N1CCC(OCCO)CC1. The summed E-state index contributed by atoms with van der Waals surface area (Å²) in [5.74, 6) is 0. The van der Waals surface area contributed by atoms with Crippen LogP contribution in [-0.4, -0.2) is 65.2 Å². The fourth-order valence-electron chi connectivity index (χ4n) is 2.18. The maximum Gasteiger partial charge on any atom is 0.263 e. The quantitative estimate of drug-likeness (QED) is 0.768. The summed E-state index contributed by atoms with van der Waals surface area (Å²) in [5.41, 5.74) is 0. The van der Waals surface area contributed by atoms with E-state index in [9.17, 15) is 8.42 Å². The van der Waals surface area contributed by atoms with Gasteiger partial charge in [0.2, 0.25) is 5.03 Å². The first kappa shape index (κ1) is 15.8. The number of aliphatic hydroxyl groups is 1. The summed E-state index contributed by atoms with van der Waals surface area (Å²) in [7, 11) is -2.06. The minimum absolute atomic E-state index is 0.00158. The van der Waals surface area contributed by atoms with Crippen LogP contribution in [0.5, 0.6) is 0 Å². The second kappa shape index (κ2) is 6.48. The van der Waals surface area contributed by atoms with Crippen molar-refractivity contribution >= 4 is 26.0 Å². The summed E-state index contributed by atoms with van der Waals surface area (Å²) in [6.07, 6.45) is 1.23. The number of hydrogen-bond donors (Lipinski definition) is 1. The number of aliphatic hydroxyl groups excluding tert-OH is 1. The van der Waals surface area contributed by atoms with Crippen molar-refractivity contribution in [1.29, 1.82) is 0 Å². The van der Waals surface area contributed by atoms with Crippen molar-refractivity contribution < 1.29 is 18.3 Å². The zero-order valence-corrected chi connectivity index (χ0v) is 13.5. The molecule has 0 bridgehead atoms. The topological polar surface area (TPSA) is 97.5 Å². The van der Waals surface area contributed by atoms with Gasteiger partial charge in [0.25, 0.3) is 10.0 Å². The lowest BCUT2D eigenvalue weighted by molar-refractivity contribution is 0.00313. The molecule has 1 aliphatic rings. The maximum atomic E-state index is 12.5. The number of piperidine rings is 1. The molecular formula is C10H17BrN4O4S. The molecule has 0 aromatic carbocycles.